The van der Waals surface area contributed by atoms with Crippen LogP contribution < -0.4 is 10.5 Å². The van der Waals surface area contributed by atoms with Gasteiger partial charge in [-0.15, -0.1) is 0 Å². The van der Waals surface area contributed by atoms with E-state index in [1.807, 2.05) is 6.07 Å². The van der Waals surface area contributed by atoms with Crippen molar-refractivity contribution in [3.63, 3.8) is 0 Å². The molecule has 208 valence electrons. The van der Waals surface area contributed by atoms with Gasteiger partial charge in [0.05, 0.1) is 17.6 Å². The SMILES string of the molecule is CC(=O)O.NS(=O)(=O)c1cccc(CCCCOCCCCCNC[C@H](O)c2ccc(O)c(CO)c2)c1. The van der Waals surface area contributed by atoms with E-state index in [2.05, 4.69) is 5.32 Å². The summed E-state index contributed by atoms with van der Waals surface area (Å²) in [5.74, 6) is -0.807. The molecule has 0 spiro atoms. The zero-order chi connectivity index (χ0) is 27.7. The second-order valence-electron chi connectivity index (χ2n) is 8.61. The Morgan fingerprint density at radius 2 is 1.73 bits per heavy atom. The van der Waals surface area contributed by atoms with Gasteiger partial charge in [0.15, 0.2) is 0 Å². The predicted molar refractivity (Wildman–Crippen MR) is 141 cm³/mol. The Balaban J connectivity index is 0.00000159. The van der Waals surface area contributed by atoms with Gasteiger partial charge in [-0.05, 0) is 80.5 Å². The Kier molecular flexibility index (Phi) is 15.7. The monoisotopic (exact) mass is 540 g/mol. The molecule has 0 unspecified atom stereocenters. The van der Waals surface area contributed by atoms with Gasteiger partial charge in [0.2, 0.25) is 10.0 Å². The minimum absolute atomic E-state index is 0.0264. The van der Waals surface area contributed by atoms with E-state index in [9.17, 15) is 23.7 Å². The number of hydrogen-bond donors (Lipinski definition) is 6. The Hall–Kier alpha value is -2.54. The molecule has 1 atom stereocenters. The maximum absolute atomic E-state index is 11.4. The number of carboxylic acids is 1. The Bertz CT molecular complexity index is 1040. The highest BCUT2D eigenvalue weighted by Gasteiger charge is 2.10. The first-order valence-corrected chi connectivity index (χ1v) is 13.8. The zero-order valence-electron chi connectivity index (χ0n) is 21.3. The maximum atomic E-state index is 11.4. The van der Waals surface area contributed by atoms with Crippen molar-refractivity contribution in [1.29, 1.82) is 0 Å². The molecule has 0 aliphatic rings. The smallest absolute Gasteiger partial charge is 0.300 e. The molecule has 7 N–H and O–H groups in total. The number of aromatic hydroxyl groups is 1. The molecule has 0 saturated carbocycles. The number of phenols is 1. The summed E-state index contributed by atoms with van der Waals surface area (Å²) in [6.07, 6.45) is 4.90. The summed E-state index contributed by atoms with van der Waals surface area (Å²) in [6, 6.07) is 11.5. The number of unbranched alkanes of at least 4 members (excludes halogenated alkanes) is 3. The lowest BCUT2D eigenvalue weighted by atomic mass is 10.1. The third-order valence-electron chi connectivity index (χ3n) is 5.37. The highest BCUT2D eigenvalue weighted by molar-refractivity contribution is 7.89. The first kappa shape index (κ1) is 32.5. The van der Waals surface area contributed by atoms with Gasteiger partial charge in [0.25, 0.3) is 5.97 Å². The summed E-state index contributed by atoms with van der Waals surface area (Å²) >= 11 is 0. The number of nitrogens with two attached hydrogens (primary N) is 1. The number of primary sulfonamides is 1. The van der Waals surface area contributed by atoms with Crippen LogP contribution in [0.2, 0.25) is 0 Å². The molecule has 11 heteroatoms. The molecule has 10 nitrogen and oxygen atoms in total. The van der Waals surface area contributed by atoms with Crippen LogP contribution in [0.15, 0.2) is 47.4 Å². The summed E-state index contributed by atoms with van der Waals surface area (Å²) < 4.78 is 28.5. The fourth-order valence-electron chi connectivity index (χ4n) is 3.44. The van der Waals surface area contributed by atoms with Crippen molar-refractivity contribution in [3.8, 4) is 5.75 Å². The number of aliphatic hydroxyl groups excluding tert-OH is 2. The number of aliphatic carboxylic acids is 1. The number of benzene rings is 2. The van der Waals surface area contributed by atoms with Crippen LogP contribution in [0.25, 0.3) is 0 Å². The molecule has 0 bridgehead atoms. The molecular weight excluding hydrogens is 500 g/mol. The van der Waals surface area contributed by atoms with E-state index < -0.39 is 22.1 Å². The van der Waals surface area contributed by atoms with Crippen LogP contribution in [0, 0.1) is 0 Å². The lowest BCUT2D eigenvalue weighted by molar-refractivity contribution is -0.134. The van der Waals surface area contributed by atoms with Crippen molar-refractivity contribution >= 4 is 16.0 Å². The third-order valence-corrected chi connectivity index (χ3v) is 6.28. The van der Waals surface area contributed by atoms with Gasteiger partial charge >= 0.3 is 0 Å². The van der Waals surface area contributed by atoms with Crippen LogP contribution in [-0.2, 0) is 32.6 Å². The second-order valence-corrected chi connectivity index (χ2v) is 10.2. The van der Waals surface area contributed by atoms with Crippen molar-refractivity contribution in [2.24, 2.45) is 5.14 Å². The van der Waals surface area contributed by atoms with Crippen molar-refractivity contribution in [2.75, 3.05) is 26.3 Å². The van der Waals surface area contributed by atoms with Crippen molar-refractivity contribution in [2.45, 2.75) is 63.1 Å². The first-order chi connectivity index (χ1) is 17.5. The van der Waals surface area contributed by atoms with Crippen LogP contribution in [0.4, 0.5) is 0 Å². The molecule has 0 aliphatic heterocycles. The lowest BCUT2D eigenvalue weighted by Gasteiger charge is -2.14. The van der Waals surface area contributed by atoms with Gasteiger partial charge in [-0.2, -0.15) is 0 Å². The molecule has 2 rings (SSSR count). The third kappa shape index (κ3) is 14.7. The van der Waals surface area contributed by atoms with Crippen LogP contribution in [0.1, 0.15) is 61.8 Å². The maximum Gasteiger partial charge on any atom is 0.300 e. The number of ether oxygens (including phenoxy) is 1. The number of aliphatic hydroxyl groups is 2. The Labute approximate surface area is 219 Å². The molecule has 0 aliphatic carbocycles. The number of hydrogen-bond acceptors (Lipinski definition) is 8. The van der Waals surface area contributed by atoms with E-state index >= 15 is 0 Å². The predicted octanol–water partition coefficient (Wildman–Crippen LogP) is 2.46. The van der Waals surface area contributed by atoms with E-state index in [-0.39, 0.29) is 17.3 Å². The molecule has 0 aromatic heterocycles. The minimum Gasteiger partial charge on any atom is -0.508 e. The number of rotatable bonds is 16. The number of nitrogens with one attached hydrogen (secondary N) is 1. The van der Waals surface area contributed by atoms with Crippen molar-refractivity contribution in [1.82, 2.24) is 5.32 Å². The minimum atomic E-state index is -3.66. The molecule has 2 aromatic rings. The van der Waals surface area contributed by atoms with Gasteiger partial charge < -0.3 is 30.5 Å². The molecule has 37 heavy (non-hydrogen) atoms. The van der Waals surface area contributed by atoms with Crippen LogP contribution in [0.5, 0.6) is 5.75 Å². The number of carbonyl (C=O) groups is 1. The van der Waals surface area contributed by atoms with Crippen LogP contribution >= 0.6 is 0 Å². The molecule has 0 heterocycles. The Morgan fingerprint density at radius 1 is 1.05 bits per heavy atom. The second kappa shape index (κ2) is 17.8. The first-order valence-electron chi connectivity index (χ1n) is 12.2. The fourth-order valence-corrected chi connectivity index (χ4v) is 4.02. The Morgan fingerprint density at radius 3 is 2.38 bits per heavy atom. The van der Waals surface area contributed by atoms with E-state index in [4.69, 9.17) is 19.8 Å². The number of sulfonamides is 1. The quantitative estimate of drug-likeness (QED) is 0.174. The molecular formula is C26H40N2O8S. The van der Waals surface area contributed by atoms with Gasteiger partial charge in [-0.25, -0.2) is 13.6 Å². The molecule has 2 aromatic carbocycles. The molecule has 0 saturated heterocycles. The van der Waals surface area contributed by atoms with E-state index in [0.29, 0.717) is 30.9 Å². The van der Waals surface area contributed by atoms with E-state index in [0.717, 1.165) is 57.6 Å². The topological polar surface area (TPSA) is 179 Å². The summed E-state index contributed by atoms with van der Waals surface area (Å²) in [6.45, 7) is 3.41. The fraction of sp³-hybridized carbons (Fsp3) is 0.500. The number of carboxylic acid groups (broad SMARTS) is 1. The highest BCUT2D eigenvalue weighted by Crippen LogP contribution is 2.22. The normalized spacial score (nSPS) is 12.0. The van der Waals surface area contributed by atoms with E-state index in [1.165, 1.54) is 12.1 Å². The highest BCUT2D eigenvalue weighted by atomic mass is 32.2. The zero-order valence-corrected chi connectivity index (χ0v) is 22.1. The van der Waals surface area contributed by atoms with E-state index in [1.54, 1.807) is 24.3 Å². The van der Waals surface area contributed by atoms with Gasteiger partial charge in [0, 0.05) is 32.2 Å². The van der Waals surface area contributed by atoms with Gasteiger partial charge in [-0.1, -0.05) is 18.2 Å². The van der Waals surface area contributed by atoms with Gasteiger partial charge in [0.1, 0.15) is 5.75 Å². The average molecular weight is 541 g/mol. The summed E-state index contributed by atoms with van der Waals surface area (Å²) in [5.41, 5.74) is 2.02. The van der Waals surface area contributed by atoms with Gasteiger partial charge in [-0.3, -0.25) is 4.79 Å². The lowest BCUT2D eigenvalue weighted by Crippen LogP contribution is -2.22. The average Bonchev–Trinajstić information content (AvgIpc) is 2.84. The van der Waals surface area contributed by atoms with Crippen LogP contribution in [0.3, 0.4) is 0 Å². The summed E-state index contributed by atoms with van der Waals surface area (Å²) in [7, 11) is -3.66. The van der Waals surface area contributed by atoms with Crippen LogP contribution in [-0.4, -0.2) is 61.1 Å². The van der Waals surface area contributed by atoms with Crippen molar-refractivity contribution in [3.05, 3.63) is 59.2 Å². The molecule has 0 radical (unpaired) electrons. The summed E-state index contributed by atoms with van der Waals surface area (Å²) in [4.78, 5) is 9.15. The standard InChI is InChI=1S/C24H36N2O6S.C2H4O2/c25-33(30,31)22-9-6-8-19(15-22)7-2-5-14-32-13-4-1-3-12-26-17-24(29)20-10-11-23(28)21(16-20)18-27;1-2(3)4/h6,8-11,15-16,24,26-29H,1-5,7,12-14,17-18H2,(H2,25,30,31);1H3,(H,3,4)/t24-;/m0./s1. The number of aryl methyl sites for hydroxylation is 1. The molecule has 0 amide bonds. The molecule has 0 fully saturated rings. The largest absolute Gasteiger partial charge is 0.508 e. The summed E-state index contributed by atoms with van der Waals surface area (Å²) in [5, 5.41) is 44.8. The van der Waals surface area contributed by atoms with Crippen molar-refractivity contribution < 1.29 is 38.4 Å².